The van der Waals surface area contributed by atoms with Crippen LogP contribution in [0.4, 0.5) is 10.7 Å². The summed E-state index contributed by atoms with van der Waals surface area (Å²) >= 11 is 3.27. The Morgan fingerprint density at radius 1 is 1.22 bits per heavy atom. The number of thioether (sulfide) groups is 1. The van der Waals surface area contributed by atoms with Gasteiger partial charge in [0.2, 0.25) is 0 Å². The first kappa shape index (κ1) is 17.9. The van der Waals surface area contributed by atoms with Crippen molar-refractivity contribution in [1.29, 1.82) is 0 Å². The van der Waals surface area contributed by atoms with E-state index in [0.29, 0.717) is 11.4 Å². The van der Waals surface area contributed by atoms with Gasteiger partial charge in [0, 0.05) is 30.6 Å². The van der Waals surface area contributed by atoms with Crippen molar-refractivity contribution in [2.75, 3.05) is 24.3 Å². The number of anilines is 2. The summed E-state index contributed by atoms with van der Waals surface area (Å²) in [4.78, 5) is 20.0. The molecule has 1 aliphatic rings. The van der Waals surface area contributed by atoms with E-state index in [4.69, 9.17) is 4.74 Å². The number of thiophene rings is 1. The number of carbonyl (C=O) groups excluding carboxylic acids is 1. The number of nitrogens with zero attached hydrogens (tertiary/aromatic N) is 2. The Morgan fingerprint density at radius 3 is 3.00 bits per heavy atom. The summed E-state index contributed by atoms with van der Waals surface area (Å²) in [6, 6.07) is 15.6. The molecule has 0 spiro atoms. The highest BCUT2D eigenvalue weighted by atomic mass is 32.2. The lowest BCUT2D eigenvalue weighted by molar-refractivity contribution is 0.0954. The molecule has 0 atom stereocenters. The van der Waals surface area contributed by atoms with Crippen LogP contribution in [0.25, 0.3) is 0 Å². The molecule has 1 amide bonds. The Morgan fingerprint density at radius 2 is 2.11 bits per heavy atom. The standard InChI is InChI=1S/C20H19N3O2S2/c1-25-16-7-3-2-5-14(16)13-22-19(24)17-8-9-18(27-17)23-11-12-26-20-15(23)6-4-10-21-20/h2-10H,11-13H2,1H3,(H,22,24). The van der Waals surface area contributed by atoms with Crippen LogP contribution in [0, 0.1) is 0 Å². The Balaban J connectivity index is 1.47. The smallest absolute Gasteiger partial charge is 0.261 e. The molecule has 3 heterocycles. The van der Waals surface area contributed by atoms with Crippen molar-refractivity contribution in [3.63, 3.8) is 0 Å². The first-order valence-corrected chi connectivity index (χ1v) is 10.4. The molecule has 0 radical (unpaired) electrons. The number of amides is 1. The summed E-state index contributed by atoms with van der Waals surface area (Å²) in [6.45, 7) is 1.34. The highest BCUT2D eigenvalue weighted by molar-refractivity contribution is 7.99. The molecule has 3 aromatic rings. The maximum atomic E-state index is 12.6. The third kappa shape index (κ3) is 3.79. The van der Waals surface area contributed by atoms with E-state index in [1.54, 1.807) is 18.9 Å². The van der Waals surface area contributed by atoms with Crippen LogP contribution in [-0.4, -0.2) is 30.3 Å². The maximum Gasteiger partial charge on any atom is 0.261 e. The Labute approximate surface area is 166 Å². The van der Waals surface area contributed by atoms with Gasteiger partial charge in [-0.1, -0.05) is 18.2 Å². The number of hydrogen-bond donors (Lipinski definition) is 1. The summed E-state index contributed by atoms with van der Waals surface area (Å²) in [5.74, 6) is 1.69. The molecule has 138 valence electrons. The first-order valence-electron chi connectivity index (χ1n) is 8.61. The van der Waals surface area contributed by atoms with Crippen LogP contribution in [0.2, 0.25) is 0 Å². The van der Waals surface area contributed by atoms with E-state index >= 15 is 0 Å². The van der Waals surface area contributed by atoms with Gasteiger partial charge < -0.3 is 15.0 Å². The third-order valence-electron chi connectivity index (χ3n) is 4.31. The van der Waals surface area contributed by atoms with E-state index in [0.717, 1.165) is 39.3 Å². The van der Waals surface area contributed by atoms with Crippen LogP contribution in [0.3, 0.4) is 0 Å². The third-order valence-corrected chi connectivity index (χ3v) is 6.39. The number of carbonyl (C=O) groups is 1. The Bertz CT molecular complexity index is 958. The summed E-state index contributed by atoms with van der Waals surface area (Å²) in [5.41, 5.74) is 2.06. The number of fused-ring (bicyclic) bond motifs is 1. The minimum Gasteiger partial charge on any atom is -0.496 e. The largest absolute Gasteiger partial charge is 0.496 e. The summed E-state index contributed by atoms with van der Waals surface area (Å²) in [7, 11) is 1.63. The van der Waals surface area contributed by atoms with Crippen molar-refractivity contribution < 1.29 is 9.53 Å². The van der Waals surface area contributed by atoms with E-state index in [9.17, 15) is 4.79 Å². The summed E-state index contributed by atoms with van der Waals surface area (Å²) in [5, 5.41) is 5.08. The molecule has 5 nitrogen and oxygen atoms in total. The molecular weight excluding hydrogens is 378 g/mol. The van der Waals surface area contributed by atoms with Crippen molar-refractivity contribution in [2.45, 2.75) is 11.6 Å². The minimum absolute atomic E-state index is 0.0741. The quantitative estimate of drug-likeness (QED) is 0.695. The second kappa shape index (κ2) is 8.02. The number of methoxy groups -OCH3 is 1. The van der Waals surface area contributed by atoms with Gasteiger partial charge in [-0.05, 0) is 30.3 Å². The molecule has 0 saturated heterocycles. The number of hydrogen-bond acceptors (Lipinski definition) is 6. The number of benzene rings is 1. The highest BCUT2D eigenvalue weighted by Gasteiger charge is 2.21. The Hall–Kier alpha value is -2.51. The van der Waals surface area contributed by atoms with E-state index in [1.807, 2.05) is 48.7 Å². The fraction of sp³-hybridized carbons (Fsp3) is 0.200. The fourth-order valence-corrected chi connectivity index (χ4v) is 4.88. The predicted octanol–water partition coefficient (Wildman–Crippen LogP) is 4.33. The number of pyridine rings is 1. The van der Waals surface area contributed by atoms with Crippen molar-refractivity contribution >= 4 is 39.7 Å². The average molecular weight is 398 g/mol. The minimum atomic E-state index is -0.0741. The molecule has 0 aliphatic carbocycles. The molecule has 0 saturated carbocycles. The zero-order chi connectivity index (χ0) is 18.6. The van der Waals surface area contributed by atoms with Gasteiger partial charge in [0.05, 0.1) is 22.7 Å². The number of nitrogens with one attached hydrogen (secondary N) is 1. The molecule has 1 aromatic carbocycles. The topological polar surface area (TPSA) is 54.5 Å². The second-order valence-corrected chi connectivity index (χ2v) is 8.11. The lowest BCUT2D eigenvalue weighted by atomic mass is 10.2. The van der Waals surface area contributed by atoms with E-state index in [2.05, 4.69) is 21.3 Å². The van der Waals surface area contributed by atoms with E-state index in [1.165, 1.54) is 11.3 Å². The van der Waals surface area contributed by atoms with Gasteiger partial charge in [0.15, 0.2) is 0 Å². The molecule has 1 N–H and O–H groups in total. The van der Waals surface area contributed by atoms with Crippen LogP contribution in [0.15, 0.2) is 59.8 Å². The normalized spacial score (nSPS) is 13.1. The zero-order valence-corrected chi connectivity index (χ0v) is 16.5. The highest BCUT2D eigenvalue weighted by Crippen LogP contribution is 2.39. The molecule has 2 aromatic heterocycles. The van der Waals surface area contributed by atoms with Crippen molar-refractivity contribution in [3.8, 4) is 5.75 Å². The van der Waals surface area contributed by atoms with Crippen molar-refractivity contribution in [3.05, 3.63) is 65.2 Å². The Kier molecular flexibility index (Phi) is 5.31. The SMILES string of the molecule is COc1ccccc1CNC(=O)c1ccc(N2CCSc3ncccc32)s1. The maximum absolute atomic E-state index is 12.6. The van der Waals surface area contributed by atoms with Gasteiger partial charge in [0.1, 0.15) is 10.8 Å². The summed E-state index contributed by atoms with van der Waals surface area (Å²) in [6.07, 6.45) is 1.82. The molecule has 27 heavy (non-hydrogen) atoms. The van der Waals surface area contributed by atoms with Crippen LogP contribution >= 0.6 is 23.1 Å². The van der Waals surface area contributed by atoms with E-state index in [-0.39, 0.29) is 5.91 Å². The molecule has 0 bridgehead atoms. The molecular formula is C20H19N3O2S2. The fourth-order valence-electron chi connectivity index (χ4n) is 2.99. The monoisotopic (exact) mass is 397 g/mol. The van der Waals surface area contributed by atoms with Crippen LogP contribution < -0.4 is 15.0 Å². The predicted molar refractivity (Wildman–Crippen MR) is 110 cm³/mol. The van der Waals surface area contributed by atoms with Gasteiger partial charge in [-0.25, -0.2) is 4.98 Å². The lowest BCUT2D eigenvalue weighted by Crippen LogP contribution is -2.24. The number of rotatable bonds is 5. The second-order valence-electron chi connectivity index (χ2n) is 5.96. The van der Waals surface area contributed by atoms with Gasteiger partial charge >= 0.3 is 0 Å². The average Bonchev–Trinajstić information content (AvgIpc) is 3.22. The van der Waals surface area contributed by atoms with E-state index < -0.39 is 0 Å². The summed E-state index contributed by atoms with van der Waals surface area (Å²) < 4.78 is 5.34. The first-order chi connectivity index (χ1) is 13.3. The molecule has 7 heteroatoms. The molecule has 0 unspecified atom stereocenters. The van der Waals surface area contributed by atoms with Crippen molar-refractivity contribution in [2.24, 2.45) is 0 Å². The molecule has 1 aliphatic heterocycles. The van der Waals surface area contributed by atoms with Crippen LogP contribution in [-0.2, 0) is 6.54 Å². The van der Waals surface area contributed by atoms with Gasteiger partial charge in [-0.15, -0.1) is 23.1 Å². The lowest BCUT2D eigenvalue weighted by Gasteiger charge is -2.28. The van der Waals surface area contributed by atoms with Crippen LogP contribution in [0.5, 0.6) is 5.75 Å². The van der Waals surface area contributed by atoms with Gasteiger partial charge in [-0.3, -0.25) is 4.79 Å². The van der Waals surface area contributed by atoms with Gasteiger partial charge in [0.25, 0.3) is 5.91 Å². The molecule has 0 fully saturated rings. The van der Waals surface area contributed by atoms with Crippen molar-refractivity contribution in [1.82, 2.24) is 10.3 Å². The number of para-hydroxylation sites is 1. The van der Waals surface area contributed by atoms with Gasteiger partial charge in [-0.2, -0.15) is 0 Å². The van der Waals surface area contributed by atoms with Crippen LogP contribution in [0.1, 0.15) is 15.2 Å². The molecule has 4 rings (SSSR count). The zero-order valence-electron chi connectivity index (χ0n) is 14.8. The number of ether oxygens (including phenoxy) is 1. The number of aromatic nitrogens is 1.